The standard InChI is InChI=1S/C25H33N3O3S/c1-2-25(29)30-17-5-3-4-6-23-27-28-24(31-23)16-15-22-14-13-21(32-22)12-11-19-7-9-20(18-26)10-8-19/h2,19-24,27-28H,1,3-10,13-14,17H2. The second kappa shape index (κ2) is 13.6. The predicted octanol–water partition coefficient (Wildman–Crippen LogP) is 3.65. The molecule has 172 valence electrons. The molecular weight excluding hydrogens is 422 g/mol. The molecule has 0 aromatic rings. The first-order valence-electron chi connectivity index (χ1n) is 11.7. The van der Waals surface area contributed by atoms with E-state index in [-0.39, 0.29) is 24.3 Å². The fourth-order valence-corrected chi connectivity index (χ4v) is 5.26. The highest BCUT2D eigenvalue weighted by Crippen LogP contribution is 2.33. The molecule has 0 aromatic heterocycles. The summed E-state index contributed by atoms with van der Waals surface area (Å²) in [4.78, 5) is 11.0. The quantitative estimate of drug-likeness (QED) is 0.262. The summed E-state index contributed by atoms with van der Waals surface area (Å²) < 4.78 is 10.9. The van der Waals surface area contributed by atoms with Gasteiger partial charge in [-0.25, -0.2) is 15.6 Å². The molecular formula is C25H33N3O3S. The molecule has 0 spiro atoms. The van der Waals surface area contributed by atoms with Crippen LogP contribution in [-0.2, 0) is 14.3 Å². The van der Waals surface area contributed by atoms with Gasteiger partial charge in [0.2, 0.25) is 0 Å². The number of nitrogens with zero attached hydrogens (tertiary/aromatic N) is 1. The van der Waals surface area contributed by atoms with E-state index in [1.807, 2.05) is 11.8 Å². The maximum atomic E-state index is 11.0. The van der Waals surface area contributed by atoms with Crippen LogP contribution in [0.15, 0.2) is 12.7 Å². The summed E-state index contributed by atoms with van der Waals surface area (Å²) in [5.74, 6) is 13.8. The molecule has 3 fully saturated rings. The third-order valence-electron chi connectivity index (χ3n) is 5.95. The van der Waals surface area contributed by atoms with Crippen molar-refractivity contribution in [1.82, 2.24) is 10.9 Å². The Morgan fingerprint density at radius 2 is 1.72 bits per heavy atom. The van der Waals surface area contributed by atoms with Crippen LogP contribution in [0.25, 0.3) is 0 Å². The van der Waals surface area contributed by atoms with Crippen LogP contribution in [0, 0.1) is 46.8 Å². The lowest BCUT2D eigenvalue weighted by molar-refractivity contribution is -0.137. The van der Waals surface area contributed by atoms with E-state index in [1.54, 1.807) is 0 Å². The lowest BCUT2D eigenvalue weighted by atomic mass is 9.83. The molecule has 1 aliphatic carbocycles. The Labute approximate surface area is 196 Å². The van der Waals surface area contributed by atoms with Crippen molar-refractivity contribution in [2.75, 3.05) is 6.61 Å². The van der Waals surface area contributed by atoms with Crippen molar-refractivity contribution < 1.29 is 14.3 Å². The third-order valence-corrected chi connectivity index (χ3v) is 7.31. The van der Waals surface area contributed by atoms with Gasteiger partial charge in [0.05, 0.1) is 23.2 Å². The molecule has 6 nitrogen and oxygen atoms in total. The Kier molecular flexibility index (Phi) is 10.5. The molecule has 0 amide bonds. The number of nitriles is 1. The number of esters is 1. The minimum atomic E-state index is -0.367. The number of ether oxygens (including phenoxy) is 2. The number of thioether (sulfide) groups is 1. The smallest absolute Gasteiger partial charge is 0.330 e. The zero-order valence-electron chi connectivity index (χ0n) is 18.6. The van der Waals surface area contributed by atoms with Crippen LogP contribution in [0.1, 0.15) is 64.2 Å². The van der Waals surface area contributed by atoms with Crippen molar-refractivity contribution in [3.8, 4) is 29.8 Å². The monoisotopic (exact) mass is 455 g/mol. The summed E-state index contributed by atoms with van der Waals surface area (Å²) >= 11 is 1.87. The van der Waals surface area contributed by atoms with Gasteiger partial charge in [0, 0.05) is 17.9 Å². The number of nitrogens with one attached hydrogen (secondary N) is 2. The van der Waals surface area contributed by atoms with E-state index in [0.29, 0.717) is 23.0 Å². The Balaban J connectivity index is 1.28. The molecule has 0 bridgehead atoms. The summed E-state index contributed by atoms with van der Waals surface area (Å²) in [6.07, 6.45) is 10.8. The van der Waals surface area contributed by atoms with Crippen molar-refractivity contribution >= 4 is 17.7 Å². The van der Waals surface area contributed by atoms with Gasteiger partial charge in [-0.05, 0) is 64.2 Å². The Morgan fingerprint density at radius 1 is 1.00 bits per heavy atom. The van der Waals surface area contributed by atoms with E-state index in [2.05, 4.69) is 47.2 Å². The topological polar surface area (TPSA) is 83.4 Å². The number of hydrogen-bond donors (Lipinski definition) is 2. The molecule has 1 saturated carbocycles. The van der Waals surface area contributed by atoms with Gasteiger partial charge in [0.25, 0.3) is 0 Å². The Bertz CT molecular complexity index is 795. The van der Waals surface area contributed by atoms with Gasteiger partial charge in [-0.3, -0.25) is 0 Å². The molecule has 2 N–H and O–H groups in total. The minimum absolute atomic E-state index is 0.0454. The Hall–Kier alpha value is -1.95. The highest BCUT2D eigenvalue weighted by atomic mass is 32.2. The maximum absolute atomic E-state index is 11.0. The number of carbonyl (C=O) groups excluding carboxylic acids is 1. The van der Waals surface area contributed by atoms with Crippen LogP contribution in [0.4, 0.5) is 0 Å². The fourth-order valence-electron chi connectivity index (χ4n) is 4.05. The van der Waals surface area contributed by atoms with Gasteiger partial charge in [-0.15, -0.1) is 11.8 Å². The summed E-state index contributed by atoms with van der Waals surface area (Å²) in [6.45, 7) is 3.81. The lowest BCUT2D eigenvalue weighted by Crippen LogP contribution is -2.32. The summed E-state index contributed by atoms with van der Waals surface area (Å²) in [5.41, 5.74) is 6.26. The number of hydrazine groups is 1. The van der Waals surface area contributed by atoms with Crippen molar-refractivity contribution in [2.24, 2.45) is 11.8 Å². The Morgan fingerprint density at radius 3 is 2.44 bits per heavy atom. The van der Waals surface area contributed by atoms with Crippen LogP contribution in [-0.4, -0.2) is 35.5 Å². The minimum Gasteiger partial charge on any atom is -0.463 e. The van der Waals surface area contributed by atoms with Gasteiger partial charge in [0.1, 0.15) is 6.23 Å². The molecule has 0 aromatic carbocycles. The number of rotatable bonds is 7. The van der Waals surface area contributed by atoms with Gasteiger partial charge in [0.15, 0.2) is 6.23 Å². The van der Waals surface area contributed by atoms with Crippen molar-refractivity contribution in [2.45, 2.75) is 87.2 Å². The molecule has 4 unspecified atom stereocenters. The number of hydrogen-bond acceptors (Lipinski definition) is 7. The van der Waals surface area contributed by atoms with Crippen molar-refractivity contribution in [1.29, 1.82) is 5.26 Å². The van der Waals surface area contributed by atoms with Gasteiger partial charge in [-0.2, -0.15) is 5.26 Å². The van der Waals surface area contributed by atoms with Gasteiger partial charge < -0.3 is 9.47 Å². The first-order chi connectivity index (χ1) is 15.7. The van der Waals surface area contributed by atoms with E-state index in [1.165, 1.54) is 6.08 Å². The molecule has 7 heteroatoms. The second-order valence-corrected chi connectivity index (χ2v) is 9.87. The summed E-state index contributed by atoms with van der Waals surface area (Å²) in [6, 6.07) is 2.38. The van der Waals surface area contributed by atoms with E-state index < -0.39 is 0 Å². The van der Waals surface area contributed by atoms with Crippen LogP contribution >= 0.6 is 11.8 Å². The molecule has 2 aliphatic heterocycles. The molecule has 4 atom stereocenters. The van der Waals surface area contributed by atoms with Crippen LogP contribution in [0.5, 0.6) is 0 Å². The van der Waals surface area contributed by atoms with Crippen molar-refractivity contribution in [3.63, 3.8) is 0 Å². The average molecular weight is 456 g/mol. The van der Waals surface area contributed by atoms with Crippen LogP contribution in [0.2, 0.25) is 0 Å². The first kappa shape index (κ1) is 24.7. The molecule has 3 aliphatic rings. The highest BCUT2D eigenvalue weighted by molar-refractivity contribution is 8.01. The zero-order valence-corrected chi connectivity index (χ0v) is 19.4. The summed E-state index contributed by atoms with van der Waals surface area (Å²) in [5, 5.41) is 9.69. The van der Waals surface area contributed by atoms with E-state index in [4.69, 9.17) is 14.7 Å². The zero-order chi connectivity index (χ0) is 22.6. The normalized spacial score (nSPS) is 31.5. The molecule has 2 heterocycles. The van der Waals surface area contributed by atoms with E-state index in [0.717, 1.165) is 64.2 Å². The number of carbonyl (C=O) groups is 1. The maximum Gasteiger partial charge on any atom is 0.330 e. The van der Waals surface area contributed by atoms with Gasteiger partial charge >= 0.3 is 5.97 Å². The first-order valence-corrected chi connectivity index (χ1v) is 12.6. The van der Waals surface area contributed by atoms with E-state index in [9.17, 15) is 4.79 Å². The molecule has 3 rings (SSSR count). The molecule has 32 heavy (non-hydrogen) atoms. The van der Waals surface area contributed by atoms with E-state index >= 15 is 0 Å². The average Bonchev–Trinajstić information content (AvgIpc) is 3.48. The van der Waals surface area contributed by atoms with Gasteiger partial charge in [-0.1, -0.05) is 30.3 Å². The van der Waals surface area contributed by atoms with Crippen LogP contribution in [0.3, 0.4) is 0 Å². The fraction of sp³-hybridized carbons (Fsp3) is 0.680. The number of unbranched alkanes of at least 4 members (excludes halogenated alkanes) is 2. The van der Waals surface area contributed by atoms with Crippen molar-refractivity contribution in [3.05, 3.63) is 12.7 Å². The largest absolute Gasteiger partial charge is 0.463 e. The highest BCUT2D eigenvalue weighted by Gasteiger charge is 2.25. The molecule has 2 saturated heterocycles. The lowest BCUT2D eigenvalue weighted by Gasteiger charge is -2.20. The summed E-state index contributed by atoms with van der Waals surface area (Å²) in [7, 11) is 0. The SMILES string of the molecule is C=CC(=O)OCCCCCC1NNC(C#CC2CCC(C#CC3CCC(C#N)CC3)S2)O1. The molecule has 0 radical (unpaired) electrons. The second-order valence-electron chi connectivity index (χ2n) is 8.46. The third kappa shape index (κ3) is 8.53. The van der Waals surface area contributed by atoms with Crippen LogP contribution < -0.4 is 10.9 Å². The predicted molar refractivity (Wildman–Crippen MR) is 126 cm³/mol.